The number of rotatable bonds is 7. The minimum Gasteiger partial charge on any atom is -0.389 e. The largest absolute Gasteiger partial charge is 0.389 e. The van der Waals surface area contributed by atoms with Gasteiger partial charge >= 0.3 is 0 Å². The Kier molecular flexibility index (Phi) is 6.60. The van der Waals surface area contributed by atoms with Gasteiger partial charge in [-0.2, -0.15) is 5.10 Å². The zero-order chi connectivity index (χ0) is 19.1. The number of hydrogen-bond donors (Lipinski definition) is 2. The van der Waals surface area contributed by atoms with Gasteiger partial charge in [-0.1, -0.05) is 6.92 Å². The molecule has 26 heavy (non-hydrogen) atoms. The van der Waals surface area contributed by atoms with E-state index < -0.39 is 5.91 Å². The molecule has 0 atom stereocenters. The molecule has 2 heterocycles. The van der Waals surface area contributed by atoms with Gasteiger partial charge in [0.05, 0.1) is 5.69 Å². The van der Waals surface area contributed by atoms with Crippen LogP contribution in [-0.4, -0.2) is 32.2 Å². The molecular formula is C18H24N6O2. The zero-order valence-electron chi connectivity index (χ0n) is 15.5. The minimum absolute atomic E-state index is 0.191. The van der Waals surface area contributed by atoms with Crippen LogP contribution >= 0.6 is 0 Å². The average Bonchev–Trinajstić information content (AvgIpc) is 2.63. The Morgan fingerprint density at radius 1 is 1.23 bits per heavy atom. The first-order chi connectivity index (χ1) is 12.5. The first kappa shape index (κ1) is 19.3. The molecule has 0 saturated heterocycles. The number of nitrogens with zero attached hydrogens (tertiary/aromatic N) is 4. The highest BCUT2D eigenvalue weighted by atomic mass is 16.2. The molecule has 2 N–H and O–H groups in total. The third-order valence-corrected chi connectivity index (χ3v) is 3.83. The standard InChI is InChI=1S/C18H24N6O2/c1-5-14(19-6-2)10-15-12(3)17(26)24(23-13(15)4)11-16(25)22-18-20-8-7-9-21-18/h7-10,19H,5-6,11H2,1-4H3,(H,20,21,22,25)/b14-10+. The van der Waals surface area contributed by atoms with Crippen molar-refractivity contribution in [3.05, 3.63) is 51.3 Å². The van der Waals surface area contributed by atoms with E-state index in [4.69, 9.17) is 0 Å². The van der Waals surface area contributed by atoms with Crippen LogP contribution in [0.1, 0.15) is 37.1 Å². The van der Waals surface area contributed by atoms with Gasteiger partial charge in [-0.25, -0.2) is 14.6 Å². The zero-order valence-corrected chi connectivity index (χ0v) is 15.5. The van der Waals surface area contributed by atoms with Crippen LogP contribution in [0.3, 0.4) is 0 Å². The first-order valence-electron chi connectivity index (χ1n) is 8.55. The maximum atomic E-state index is 12.6. The summed E-state index contributed by atoms with van der Waals surface area (Å²) in [4.78, 5) is 32.6. The fourth-order valence-electron chi connectivity index (χ4n) is 2.52. The Morgan fingerprint density at radius 2 is 1.92 bits per heavy atom. The van der Waals surface area contributed by atoms with Crippen molar-refractivity contribution in [1.82, 2.24) is 25.1 Å². The van der Waals surface area contributed by atoms with Gasteiger partial charge in [-0.15, -0.1) is 0 Å². The summed E-state index contributed by atoms with van der Waals surface area (Å²) < 4.78 is 1.17. The molecular weight excluding hydrogens is 332 g/mol. The molecule has 0 aliphatic carbocycles. The SMILES string of the molecule is CCN/C(=C/c1c(C)nn(CC(=O)Nc2ncccn2)c(=O)c1C)CC. The molecule has 0 saturated carbocycles. The van der Waals surface area contributed by atoms with Crippen LogP contribution in [0.4, 0.5) is 5.95 Å². The smallest absolute Gasteiger partial charge is 0.270 e. The lowest BCUT2D eigenvalue weighted by atomic mass is 10.1. The Bertz CT molecular complexity index is 858. The number of hydrogen-bond acceptors (Lipinski definition) is 6. The first-order valence-corrected chi connectivity index (χ1v) is 8.55. The molecule has 0 radical (unpaired) electrons. The van der Waals surface area contributed by atoms with E-state index in [1.54, 1.807) is 13.0 Å². The van der Waals surface area contributed by atoms with Gasteiger partial charge in [-0.05, 0) is 39.3 Å². The molecule has 138 valence electrons. The molecule has 0 bridgehead atoms. The van der Waals surface area contributed by atoms with E-state index in [2.05, 4.69) is 25.7 Å². The van der Waals surface area contributed by atoms with Crippen LogP contribution in [0.2, 0.25) is 0 Å². The van der Waals surface area contributed by atoms with E-state index in [1.165, 1.54) is 17.1 Å². The molecule has 1 amide bonds. The second kappa shape index (κ2) is 8.89. The average molecular weight is 356 g/mol. The number of anilines is 1. The van der Waals surface area contributed by atoms with Crippen molar-refractivity contribution in [1.29, 1.82) is 0 Å². The fourth-order valence-corrected chi connectivity index (χ4v) is 2.52. The lowest BCUT2D eigenvalue weighted by molar-refractivity contribution is -0.117. The van der Waals surface area contributed by atoms with Crippen molar-refractivity contribution in [3.63, 3.8) is 0 Å². The molecule has 0 aliphatic rings. The molecule has 2 rings (SSSR count). The molecule has 0 spiro atoms. The minimum atomic E-state index is -0.408. The summed E-state index contributed by atoms with van der Waals surface area (Å²) in [5.74, 6) is -0.216. The van der Waals surface area contributed by atoms with Crippen molar-refractivity contribution in [2.24, 2.45) is 0 Å². The molecule has 0 aliphatic heterocycles. The molecule has 0 fully saturated rings. The van der Waals surface area contributed by atoms with E-state index >= 15 is 0 Å². The summed E-state index contributed by atoms with van der Waals surface area (Å²) >= 11 is 0. The fraction of sp³-hybridized carbons (Fsp3) is 0.389. The van der Waals surface area contributed by atoms with Crippen LogP contribution in [0.25, 0.3) is 6.08 Å². The summed E-state index contributed by atoms with van der Waals surface area (Å²) in [7, 11) is 0. The predicted octanol–water partition coefficient (Wildman–Crippen LogP) is 1.65. The highest BCUT2D eigenvalue weighted by molar-refractivity contribution is 5.88. The van der Waals surface area contributed by atoms with Crippen LogP contribution in [0.15, 0.2) is 29.0 Å². The van der Waals surface area contributed by atoms with Gasteiger partial charge in [0, 0.05) is 35.8 Å². The second-order valence-corrected chi connectivity index (χ2v) is 5.76. The third kappa shape index (κ3) is 4.75. The normalized spacial score (nSPS) is 11.3. The predicted molar refractivity (Wildman–Crippen MR) is 101 cm³/mol. The molecule has 0 unspecified atom stereocenters. The maximum absolute atomic E-state index is 12.6. The van der Waals surface area contributed by atoms with Gasteiger partial charge in [0.25, 0.3) is 5.56 Å². The van der Waals surface area contributed by atoms with Crippen LogP contribution in [-0.2, 0) is 11.3 Å². The Balaban J connectivity index is 2.26. The van der Waals surface area contributed by atoms with E-state index in [-0.39, 0.29) is 18.1 Å². The highest BCUT2D eigenvalue weighted by Gasteiger charge is 2.13. The summed E-state index contributed by atoms with van der Waals surface area (Å²) in [6, 6.07) is 1.65. The van der Waals surface area contributed by atoms with Gasteiger partial charge in [0.15, 0.2) is 0 Å². The van der Waals surface area contributed by atoms with Crippen molar-refractivity contribution in [3.8, 4) is 0 Å². The second-order valence-electron chi connectivity index (χ2n) is 5.76. The number of allylic oxidation sites excluding steroid dienone is 1. The summed E-state index contributed by atoms with van der Waals surface area (Å²) in [6.45, 7) is 8.25. The van der Waals surface area contributed by atoms with Crippen molar-refractivity contribution in [2.75, 3.05) is 11.9 Å². The number of aromatic nitrogens is 4. The topological polar surface area (TPSA) is 102 Å². The van der Waals surface area contributed by atoms with E-state index in [9.17, 15) is 9.59 Å². The van der Waals surface area contributed by atoms with Gasteiger partial charge < -0.3 is 5.32 Å². The third-order valence-electron chi connectivity index (χ3n) is 3.83. The number of aryl methyl sites for hydroxylation is 1. The van der Waals surface area contributed by atoms with Gasteiger partial charge in [-0.3, -0.25) is 14.9 Å². The van der Waals surface area contributed by atoms with Crippen molar-refractivity contribution in [2.45, 2.75) is 40.7 Å². The van der Waals surface area contributed by atoms with Crippen molar-refractivity contribution >= 4 is 17.9 Å². The number of amides is 1. The number of nitrogens with one attached hydrogen (secondary N) is 2. The lowest BCUT2D eigenvalue weighted by Crippen LogP contribution is -2.32. The number of carbonyl (C=O) groups excluding carboxylic acids is 1. The summed E-state index contributed by atoms with van der Waals surface area (Å²) in [6.07, 6.45) is 5.83. The molecule has 0 aromatic carbocycles. The van der Waals surface area contributed by atoms with Crippen molar-refractivity contribution < 1.29 is 4.79 Å². The van der Waals surface area contributed by atoms with Gasteiger partial charge in [0.2, 0.25) is 11.9 Å². The lowest BCUT2D eigenvalue weighted by Gasteiger charge is -2.12. The Labute approximate surface area is 152 Å². The monoisotopic (exact) mass is 356 g/mol. The molecule has 8 nitrogen and oxygen atoms in total. The van der Waals surface area contributed by atoms with E-state index in [0.29, 0.717) is 11.3 Å². The maximum Gasteiger partial charge on any atom is 0.270 e. The molecule has 2 aromatic heterocycles. The van der Waals surface area contributed by atoms with Gasteiger partial charge in [0.1, 0.15) is 6.54 Å². The molecule has 8 heteroatoms. The van der Waals surface area contributed by atoms with Crippen LogP contribution in [0, 0.1) is 13.8 Å². The Hall–Kier alpha value is -3.03. The number of carbonyl (C=O) groups is 1. The summed E-state index contributed by atoms with van der Waals surface area (Å²) in [5, 5.41) is 10.1. The van der Waals surface area contributed by atoms with E-state index in [0.717, 1.165) is 24.2 Å². The molecule has 2 aromatic rings. The quantitative estimate of drug-likeness (QED) is 0.782. The highest BCUT2D eigenvalue weighted by Crippen LogP contribution is 2.13. The summed E-state index contributed by atoms with van der Waals surface area (Å²) in [5.41, 5.74) is 2.78. The Morgan fingerprint density at radius 3 is 2.54 bits per heavy atom. The van der Waals surface area contributed by atoms with Crippen LogP contribution in [0.5, 0.6) is 0 Å². The van der Waals surface area contributed by atoms with E-state index in [1.807, 2.05) is 26.8 Å². The van der Waals surface area contributed by atoms with Crippen LogP contribution < -0.4 is 16.2 Å².